The predicted molar refractivity (Wildman–Crippen MR) is 78.8 cm³/mol. The Labute approximate surface area is 118 Å². The van der Waals surface area contributed by atoms with E-state index in [1.807, 2.05) is 18.3 Å². The number of aromatic nitrogens is 1. The molecule has 0 saturated carbocycles. The van der Waals surface area contributed by atoms with Crippen molar-refractivity contribution in [3.05, 3.63) is 66.0 Å². The first-order valence-corrected chi connectivity index (χ1v) is 6.79. The van der Waals surface area contributed by atoms with E-state index in [1.54, 1.807) is 6.20 Å². The van der Waals surface area contributed by atoms with Gasteiger partial charge in [0.1, 0.15) is 6.61 Å². The average Bonchev–Trinajstić information content (AvgIpc) is 3.03. The first-order chi connectivity index (χ1) is 9.93. The lowest BCUT2D eigenvalue weighted by atomic mass is 9.92. The van der Waals surface area contributed by atoms with Gasteiger partial charge in [0.15, 0.2) is 0 Å². The average molecular weight is 267 g/mol. The van der Waals surface area contributed by atoms with E-state index in [2.05, 4.69) is 45.6 Å². The van der Waals surface area contributed by atoms with Gasteiger partial charge >= 0.3 is 0 Å². The van der Waals surface area contributed by atoms with Crippen LogP contribution < -0.4 is 5.32 Å². The van der Waals surface area contributed by atoms with E-state index >= 15 is 0 Å². The SMILES string of the molecule is c1ccc(C(CNC2=NCCO2)c2cccnc2)cc1. The van der Waals surface area contributed by atoms with Crippen LogP contribution in [0, 0.1) is 0 Å². The van der Waals surface area contributed by atoms with Crippen LogP contribution in [0.15, 0.2) is 59.9 Å². The molecule has 0 spiro atoms. The van der Waals surface area contributed by atoms with Gasteiger partial charge in [-0.15, -0.1) is 0 Å². The lowest BCUT2D eigenvalue weighted by molar-refractivity contribution is 0.331. The molecule has 1 aromatic heterocycles. The van der Waals surface area contributed by atoms with Crippen LogP contribution in [-0.4, -0.2) is 30.7 Å². The van der Waals surface area contributed by atoms with E-state index in [0.717, 1.165) is 13.1 Å². The van der Waals surface area contributed by atoms with Crippen molar-refractivity contribution in [1.29, 1.82) is 0 Å². The molecule has 2 heterocycles. The molecule has 0 radical (unpaired) electrons. The minimum absolute atomic E-state index is 0.233. The van der Waals surface area contributed by atoms with E-state index in [0.29, 0.717) is 12.6 Å². The Kier molecular flexibility index (Phi) is 3.92. The summed E-state index contributed by atoms with van der Waals surface area (Å²) in [6.45, 7) is 2.16. The summed E-state index contributed by atoms with van der Waals surface area (Å²) in [6.07, 6.45) is 3.71. The molecule has 1 unspecified atom stereocenters. The minimum atomic E-state index is 0.233. The molecule has 1 aliphatic heterocycles. The standard InChI is InChI=1S/C16H17N3O/c1-2-5-13(6-3-1)15(14-7-4-8-17-11-14)12-19-16-18-9-10-20-16/h1-8,11,15H,9-10,12H2,(H,18,19). The van der Waals surface area contributed by atoms with Crippen LogP contribution in [0.3, 0.4) is 0 Å². The molecule has 102 valence electrons. The van der Waals surface area contributed by atoms with Crippen LogP contribution in [0.2, 0.25) is 0 Å². The number of pyridine rings is 1. The van der Waals surface area contributed by atoms with Crippen molar-refractivity contribution in [2.75, 3.05) is 19.7 Å². The molecule has 0 aliphatic carbocycles. The summed E-state index contributed by atoms with van der Waals surface area (Å²) in [4.78, 5) is 8.48. The summed E-state index contributed by atoms with van der Waals surface area (Å²) in [5, 5.41) is 3.28. The molecule has 4 nitrogen and oxygen atoms in total. The van der Waals surface area contributed by atoms with Crippen LogP contribution in [-0.2, 0) is 4.74 Å². The molecular weight excluding hydrogens is 250 g/mol. The zero-order valence-electron chi connectivity index (χ0n) is 11.2. The zero-order valence-corrected chi connectivity index (χ0v) is 11.2. The normalized spacial score (nSPS) is 15.3. The highest BCUT2D eigenvalue weighted by Gasteiger charge is 2.16. The molecular formula is C16H17N3O. The highest BCUT2D eigenvalue weighted by Crippen LogP contribution is 2.23. The number of amidine groups is 1. The van der Waals surface area contributed by atoms with Crippen molar-refractivity contribution in [2.45, 2.75) is 5.92 Å². The van der Waals surface area contributed by atoms with E-state index < -0.39 is 0 Å². The Balaban J connectivity index is 1.80. The zero-order chi connectivity index (χ0) is 13.6. The monoisotopic (exact) mass is 267 g/mol. The first-order valence-electron chi connectivity index (χ1n) is 6.79. The molecule has 1 aliphatic rings. The highest BCUT2D eigenvalue weighted by molar-refractivity contribution is 5.74. The molecule has 1 atom stereocenters. The van der Waals surface area contributed by atoms with Gasteiger partial charge in [-0.05, 0) is 17.2 Å². The fraction of sp³-hybridized carbons (Fsp3) is 0.250. The maximum absolute atomic E-state index is 5.40. The third-order valence-electron chi connectivity index (χ3n) is 3.33. The van der Waals surface area contributed by atoms with Crippen LogP contribution in [0.4, 0.5) is 0 Å². The molecule has 20 heavy (non-hydrogen) atoms. The molecule has 1 N–H and O–H groups in total. The van der Waals surface area contributed by atoms with Crippen molar-refractivity contribution in [3.63, 3.8) is 0 Å². The summed E-state index contributed by atoms with van der Waals surface area (Å²) in [6, 6.07) is 15.1. The van der Waals surface area contributed by atoms with E-state index in [4.69, 9.17) is 4.74 Å². The summed E-state index contributed by atoms with van der Waals surface area (Å²) >= 11 is 0. The number of aliphatic imine (C=N–C) groups is 1. The van der Waals surface area contributed by atoms with Crippen LogP contribution in [0.25, 0.3) is 0 Å². The van der Waals surface area contributed by atoms with Gasteiger partial charge in [-0.2, -0.15) is 0 Å². The third-order valence-corrected chi connectivity index (χ3v) is 3.33. The molecule has 3 rings (SSSR count). The molecule has 1 aromatic carbocycles. The number of ether oxygens (including phenoxy) is 1. The summed E-state index contributed by atoms with van der Waals surface area (Å²) < 4.78 is 5.40. The largest absolute Gasteiger partial charge is 0.463 e. The smallest absolute Gasteiger partial charge is 0.284 e. The minimum Gasteiger partial charge on any atom is -0.463 e. The second-order valence-electron chi connectivity index (χ2n) is 4.67. The van der Waals surface area contributed by atoms with E-state index in [1.165, 1.54) is 11.1 Å². The lowest BCUT2D eigenvalue weighted by Gasteiger charge is -2.18. The first kappa shape index (κ1) is 12.7. The van der Waals surface area contributed by atoms with E-state index in [-0.39, 0.29) is 5.92 Å². The fourth-order valence-electron chi connectivity index (χ4n) is 2.33. The molecule has 4 heteroatoms. The predicted octanol–water partition coefficient (Wildman–Crippen LogP) is 2.19. The van der Waals surface area contributed by atoms with Gasteiger partial charge in [-0.3, -0.25) is 4.98 Å². The number of nitrogens with zero attached hydrogens (tertiary/aromatic N) is 2. The number of hydrogen-bond donors (Lipinski definition) is 1. The van der Waals surface area contributed by atoms with Gasteiger partial charge in [0, 0.05) is 24.9 Å². The Hall–Kier alpha value is -2.36. The van der Waals surface area contributed by atoms with Crippen molar-refractivity contribution in [2.24, 2.45) is 4.99 Å². The van der Waals surface area contributed by atoms with Crippen LogP contribution >= 0.6 is 0 Å². The van der Waals surface area contributed by atoms with Gasteiger partial charge < -0.3 is 10.1 Å². The molecule has 0 bridgehead atoms. The molecule has 0 fully saturated rings. The van der Waals surface area contributed by atoms with Gasteiger partial charge in [0.05, 0.1) is 6.54 Å². The quantitative estimate of drug-likeness (QED) is 0.923. The number of nitrogens with one attached hydrogen (secondary N) is 1. The topological polar surface area (TPSA) is 46.5 Å². The second-order valence-corrected chi connectivity index (χ2v) is 4.67. The molecule has 0 amide bonds. The second kappa shape index (κ2) is 6.19. The van der Waals surface area contributed by atoms with Crippen molar-refractivity contribution in [3.8, 4) is 0 Å². The maximum Gasteiger partial charge on any atom is 0.284 e. The van der Waals surface area contributed by atoms with Gasteiger partial charge in [0.2, 0.25) is 0 Å². The van der Waals surface area contributed by atoms with Crippen molar-refractivity contribution < 1.29 is 4.74 Å². The van der Waals surface area contributed by atoms with Gasteiger partial charge in [0.25, 0.3) is 6.02 Å². The number of benzene rings is 1. The Morgan fingerprint density at radius 1 is 1.10 bits per heavy atom. The maximum atomic E-state index is 5.40. The summed E-state index contributed by atoms with van der Waals surface area (Å²) in [7, 11) is 0. The number of hydrogen-bond acceptors (Lipinski definition) is 4. The van der Waals surface area contributed by atoms with Crippen molar-refractivity contribution in [1.82, 2.24) is 10.3 Å². The summed E-state index contributed by atoms with van der Waals surface area (Å²) in [5.74, 6) is 0.233. The Morgan fingerprint density at radius 3 is 2.65 bits per heavy atom. The lowest BCUT2D eigenvalue weighted by Crippen LogP contribution is -2.29. The van der Waals surface area contributed by atoms with Crippen LogP contribution in [0.1, 0.15) is 17.0 Å². The molecule has 0 saturated heterocycles. The Morgan fingerprint density at radius 2 is 1.95 bits per heavy atom. The fourth-order valence-corrected chi connectivity index (χ4v) is 2.33. The highest BCUT2D eigenvalue weighted by atomic mass is 16.5. The van der Waals surface area contributed by atoms with Crippen molar-refractivity contribution >= 4 is 6.02 Å². The van der Waals surface area contributed by atoms with Gasteiger partial charge in [-0.25, -0.2) is 4.99 Å². The summed E-state index contributed by atoms with van der Waals surface area (Å²) in [5.41, 5.74) is 2.44. The van der Waals surface area contributed by atoms with Crippen LogP contribution in [0.5, 0.6) is 0 Å². The third kappa shape index (κ3) is 2.96. The van der Waals surface area contributed by atoms with Gasteiger partial charge in [-0.1, -0.05) is 36.4 Å². The number of rotatable bonds is 4. The van der Waals surface area contributed by atoms with E-state index in [9.17, 15) is 0 Å². The molecule has 2 aromatic rings. The Bertz CT molecular complexity index is 529.